The van der Waals surface area contributed by atoms with Gasteiger partial charge in [-0.3, -0.25) is 10.2 Å². The van der Waals surface area contributed by atoms with Gasteiger partial charge in [0.1, 0.15) is 11.5 Å². The molecule has 0 heterocycles. The van der Waals surface area contributed by atoms with Crippen LogP contribution in [-0.2, 0) is 0 Å². The van der Waals surface area contributed by atoms with Gasteiger partial charge in [0, 0.05) is 17.0 Å². The molecule has 3 aromatic carbocycles. The maximum absolute atomic E-state index is 12.6. The molecule has 0 radical (unpaired) electrons. The summed E-state index contributed by atoms with van der Waals surface area (Å²) < 4.78 is 11.5. The predicted molar refractivity (Wildman–Crippen MR) is 119 cm³/mol. The molecule has 0 aromatic heterocycles. The SMILES string of the molecule is COc1cccc(OC)c1C(c1ccccc1)c1c(C)cc(C)c(C(=O)NN)c1C. The minimum atomic E-state index is -0.301. The number of aryl methyl sites for hydroxylation is 2. The fraction of sp³-hybridized carbons (Fsp3) is 0.240. The number of carbonyl (C=O) groups is 1. The van der Waals surface area contributed by atoms with Gasteiger partial charge in [-0.25, -0.2) is 5.84 Å². The van der Waals surface area contributed by atoms with Crippen LogP contribution in [0.1, 0.15) is 49.7 Å². The second-order valence-electron chi connectivity index (χ2n) is 7.32. The third kappa shape index (κ3) is 3.76. The number of hydrogen-bond acceptors (Lipinski definition) is 4. The van der Waals surface area contributed by atoms with Crippen LogP contribution in [0.15, 0.2) is 54.6 Å². The Balaban J connectivity index is 2.43. The summed E-state index contributed by atoms with van der Waals surface area (Å²) in [5, 5.41) is 0. The molecular formula is C25H28N2O3. The van der Waals surface area contributed by atoms with Gasteiger partial charge in [0.2, 0.25) is 0 Å². The normalized spacial score (nSPS) is 11.7. The maximum atomic E-state index is 12.6. The molecule has 30 heavy (non-hydrogen) atoms. The summed E-state index contributed by atoms with van der Waals surface area (Å²) in [4.78, 5) is 12.6. The highest BCUT2D eigenvalue weighted by Crippen LogP contribution is 2.45. The van der Waals surface area contributed by atoms with E-state index in [2.05, 4.69) is 24.5 Å². The molecule has 0 saturated heterocycles. The molecule has 0 spiro atoms. The maximum Gasteiger partial charge on any atom is 0.265 e. The van der Waals surface area contributed by atoms with E-state index in [0.717, 1.165) is 44.9 Å². The van der Waals surface area contributed by atoms with Crippen LogP contribution in [0.25, 0.3) is 0 Å². The first-order chi connectivity index (χ1) is 14.4. The molecule has 3 aromatic rings. The summed E-state index contributed by atoms with van der Waals surface area (Å²) >= 11 is 0. The summed E-state index contributed by atoms with van der Waals surface area (Å²) in [7, 11) is 3.31. The van der Waals surface area contributed by atoms with Gasteiger partial charge in [0.25, 0.3) is 5.91 Å². The van der Waals surface area contributed by atoms with E-state index in [-0.39, 0.29) is 11.8 Å². The van der Waals surface area contributed by atoms with Gasteiger partial charge in [0.05, 0.1) is 14.2 Å². The Morgan fingerprint density at radius 2 is 1.47 bits per heavy atom. The van der Waals surface area contributed by atoms with E-state index in [1.165, 1.54) is 0 Å². The monoisotopic (exact) mass is 404 g/mol. The van der Waals surface area contributed by atoms with Crippen molar-refractivity contribution in [3.8, 4) is 11.5 Å². The van der Waals surface area contributed by atoms with Crippen molar-refractivity contribution >= 4 is 5.91 Å². The van der Waals surface area contributed by atoms with Crippen molar-refractivity contribution in [3.05, 3.63) is 93.5 Å². The van der Waals surface area contributed by atoms with Crippen LogP contribution in [0, 0.1) is 20.8 Å². The molecule has 0 fully saturated rings. The Kier molecular flexibility index (Phi) is 6.43. The van der Waals surface area contributed by atoms with E-state index in [1.54, 1.807) is 14.2 Å². The van der Waals surface area contributed by atoms with Gasteiger partial charge < -0.3 is 9.47 Å². The number of rotatable bonds is 6. The number of hydrazine groups is 1. The highest BCUT2D eigenvalue weighted by atomic mass is 16.5. The first kappa shape index (κ1) is 21.4. The molecule has 156 valence electrons. The van der Waals surface area contributed by atoms with Gasteiger partial charge in [0.15, 0.2) is 0 Å². The second-order valence-corrected chi connectivity index (χ2v) is 7.32. The number of ether oxygens (including phenoxy) is 2. The molecule has 3 rings (SSSR count). The number of benzene rings is 3. The third-order valence-corrected chi connectivity index (χ3v) is 5.57. The summed E-state index contributed by atoms with van der Waals surface area (Å²) in [5.41, 5.74) is 8.76. The average molecular weight is 405 g/mol. The first-order valence-electron chi connectivity index (χ1n) is 9.82. The van der Waals surface area contributed by atoms with Gasteiger partial charge in [-0.15, -0.1) is 0 Å². The van der Waals surface area contributed by atoms with Gasteiger partial charge in [-0.05, 0) is 60.7 Å². The van der Waals surface area contributed by atoms with Crippen LogP contribution < -0.4 is 20.7 Å². The lowest BCUT2D eigenvalue weighted by atomic mass is 9.78. The van der Waals surface area contributed by atoms with Crippen LogP contribution >= 0.6 is 0 Å². The predicted octanol–water partition coefficient (Wildman–Crippen LogP) is 4.41. The number of methoxy groups -OCH3 is 2. The molecule has 0 aliphatic rings. The summed E-state index contributed by atoms with van der Waals surface area (Å²) in [6, 6.07) is 18.0. The Labute approximate surface area is 177 Å². The molecular weight excluding hydrogens is 376 g/mol. The zero-order valence-corrected chi connectivity index (χ0v) is 18.1. The van der Waals surface area contributed by atoms with Crippen molar-refractivity contribution in [1.29, 1.82) is 0 Å². The molecule has 3 N–H and O–H groups in total. The number of nitrogen functional groups attached to an aromatic ring is 1. The number of nitrogens with one attached hydrogen (secondary N) is 1. The van der Waals surface area contributed by atoms with Gasteiger partial charge in [-0.1, -0.05) is 42.5 Å². The van der Waals surface area contributed by atoms with Crippen LogP contribution in [0.2, 0.25) is 0 Å². The average Bonchev–Trinajstić information content (AvgIpc) is 2.76. The molecule has 5 heteroatoms. The molecule has 1 unspecified atom stereocenters. The van der Waals surface area contributed by atoms with E-state index in [0.29, 0.717) is 5.56 Å². The largest absolute Gasteiger partial charge is 0.496 e. The van der Waals surface area contributed by atoms with Crippen LogP contribution in [-0.4, -0.2) is 20.1 Å². The molecule has 1 atom stereocenters. The molecule has 5 nitrogen and oxygen atoms in total. The molecule has 0 aliphatic carbocycles. The fourth-order valence-electron chi connectivity index (χ4n) is 4.35. The Morgan fingerprint density at radius 3 is 2.00 bits per heavy atom. The van der Waals surface area contributed by atoms with E-state index in [9.17, 15) is 4.79 Å². The van der Waals surface area contributed by atoms with Gasteiger partial charge in [-0.2, -0.15) is 0 Å². The lowest BCUT2D eigenvalue weighted by Gasteiger charge is -2.27. The van der Waals surface area contributed by atoms with Crippen molar-refractivity contribution in [2.45, 2.75) is 26.7 Å². The Morgan fingerprint density at radius 1 is 0.867 bits per heavy atom. The Bertz CT molecular complexity index is 1040. The zero-order valence-electron chi connectivity index (χ0n) is 18.1. The fourth-order valence-corrected chi connectivity index (χ4v) is 4.35. The van der Waals surface area contributed by atoms with Crippen molar-refractivity contribution in [2.24, 2.45) is 5.84 Å². The minimum absolute atomic E-state index is 0.192. The van der Waals surface area contributed by atoms with Crippen molar-refractivity contribution in [2.75, 3.05) is 14.2 Å². The first-order valence-corrected chi connectivity index (χ1v) is 9.82. The van der Waals surface area contributed by atoms with Crippen molar-refractivity contribution in [3.63, 3.8) is 0 Å². The lowest BCUT2D eigenvalue weighted by molar-refractivity contribution is 0.0952. The zero-order chi connectivity index (χ0) is 21.8. The standard InChI is InChI=1S/C25H28N2O3/c1-15-14-16(2)22(25(28)27-26)17(3)21(15)23(18-10-7-6-8-11-18)24-19(29-4)12-9-13-20(24)30-5/h6-14,23H,26H2,1-5H3,(H,27,28). The Hall–Kier alpha value is -3.31. The summed E-state index contributed by atoms with van der Waals surface area (Å²) in [6.07, 6.45) is 0. The van der Waals surface area contributed by atoms with Gasteiger partial charge >= 0.3 is 0 Å². The number of nitrogens with two attached hydrogens (primary N) is 1. The topological polar surface area (TPSA) is 73.6 Å². The highest BCUT2D eigenvalue weighted by molar-refractivity contribution is 5.97. The number of carbonyl (C=O) groups excluding carboxylic acids is 1. The van der Waals surface area contributed by atoms with Crippen LogP contribution in [0.5, 0.6) is 11.5 Å². The van der Waals surface area contributed by atoms with E-state index < -0.39 is 0 Å². The minimum Gasteiger partial charge on any atom is -0.496 e. The molecule has 0 aliphatic heterocycles. The number of hydrogen-bond donors (Lipinski definition) is 2. The van der Waals surface area contributed by atoms with E-state index >= 15 is 0 Å². The summed E-state index contributed by atoms with van der Waals surface area (Å²) in [6.45, 7) is 5.96. The molecule has 0 bridgehead atoms. The van der Waals surface area contributed by atoms with Crippen molar-refractivity contribution < 1.29 is 14.3 Å². The van der Waals surface area contributed by atoms with Crippen LogP contribution in [0.3, 0.4) is 0 Å². The lowest BCUT2D eigenvalue weighted by Crippen LogP contribution is -2.31. The quantitative estimate of drug-likeness (QED) is 0.276. The van der Waals surface area contributed by atoms with E-state index in [4.69, 9.17) is 15.3 Å². The smallest absolute Gasteiger partial charge is 0.265 e. The highest BCUT2D eigenvalue weighted by Gasteiger charge is 2.29. The second kappa shape index (κ2) is 9.01. The van der Waals surface area contributed by atoms with Crippen molar-refractivity contribution in [1.82, 2.24) is 5.43 Å². The van der Waals surface area contributed by atoms with E-state index in [1.807, 2.05) is 56.3 Å². The van der Waals surface area contributed by atoms with Crippen LogP contribution in [0.4, 0.5) is 0 Å². The third-order valence-electron chi connectivity index (χ3n) is 5.57. The molecule has 1 amide bonds. The molecule has 0 saturated carbocycles. The number of amides is 1. The summed E-state index contributed by atoms with van der Waals surface area (Å²) in [5.74, 6) is 6.44.